The minimum absolute atomic E-state index is 0.0124. The van der Waals surface area contributed by atoms with E-state index in [0.29, 0.717) is 0 Å². The van der Waals surface area contributed by atoms with Crippen LogP contribution in [0.15, 0.2) is 48.5 Å². The number of rotatable bonds is 6. The van der Waals surface area contributed by atoms with Crippen molar-refractivity contribution >= 4 is 22.8 Å². The first-order chi connectivity index (χ1) is 11.8. The van der Waals surface area contributed by atoms with Crippen molar-refractivity contribution in [3.8, 4) is 0 Å². The molecule has 1 aliphatic rings. The molecule has 0 saturated carbocycles. The predicted octanol–water partition coefficient (Wildman–Crippen LogP) is 3.85. The fourth-order valence-corrected chi connectivity index (χ4v) is 3.32. The quantitative estimate of drug-likeness (QED) is 0.647. The van der Waals surface area contributed by atoms with Crippen molar-refractivity contribution in [3.05, 3.63) is 54.1 Å². The molecule has 2 aromatic rings. The molecule has 0 aliphatic carbocycles. The van der Waals surface area contributed by atoms with Crippen LogP contribution >= 0.6 is 0 Å². The maximum Gasteiger partial charge on any atom is 0.244 e. The van der Waals surface area contributed by atoms with Crippen LogP contribution in [0.3, 0.4) is 0 Å². The lowest BCUT2D eigenvalue weighted by Crippen LogP contribution is -2.33. The van der Waals surface area contributed by atoms with Crippen molar-refractivity contribution in [1.29, 1.82) is 0 Å². The lowest BCUT2D eigenvalue weighted by Gasteiger charge is -2.26. The fourth-order valence-electron chi connectivity index (χ4n) is 3.32. The van der Waals surface area contributed by atoms with Crippen LogP contribution in [0, 0.1) is 0 Å². The summed E-state index contributed by atoms with van der Waals surface area (Å²) in [6.07, 6.45) is 8.57. The molecule has 24 heavy (non-hydrogen) atoms. The van der Waals surface area contributed by atoms with Gasteiger partial charge in [-0.15, -0.1) is 0 Å². The van der Waals surface area contributed by atoms with Gasteiger partial charge in [0.15, 0.2) is 0 Å². The molecule has 126 valence electrons. The molecular formula is C21H26N2O. The summed E-state index contributed by atoms with van der Waals surface area (Å²) in [6, 6.07) is 14.4. The Morgan fingerprint density at radius 1 is 1.04 bits per heavy atom. The smallest absolute Gasteiger partial charge is 0.244 e. The molecule has 0 radical (unpaired) electrons. The summed E-state index contributed by atoms with van der Waals surface area (Å²) in [7, 11) is 0. The van der Waals surface area contributed by atoms with Gasteiger partial charge < -0.3 is 10.2 Å². The molecule has 1 saturated heterocycles. The summed E-state index contributed by atoms with van der Waals surface area (Å²) in [6.45, 7) is 4.27. The third kappa shape index (κ3) is 4.68. The van der Waals surface area contributed by atoms with Gasteiger partial charge in [0.2, 0.25) is 5.91 Å². The summed E-state index contributed by atoms with van der Waals surface area (Å²) < 4.78 is 0. The summed E-state index contributed by atoms with van der Waals surface area (Å²) in [5, 5.41) is 5.36. The second-order valence-corrected chi connectivity index (χ2v) is 6.45. The Morgan fingerprint density at radius 2 is 1.83 bits per heavy atom. The molecule has 1 aliphatic heterocycles. The lowest BCUT2D eigenvalue weighted by molar-refractivity contribution is -0.116. The van der Waals surface area contributed by atoms with Crippen LogP contribution in [0.5, 0.6) is 0 Å². The van der Waals surface area contributed by atoms with Crippen LogP contribution in [0.2, 0.25) is 0 Å². The number of carbonyl (C=O) groups is 1. The van der Waals surface area contributed by atoms with Gasteiger partial charge in [0, 0.05) is 12.6 Å². The number of carbonyl (C=O) groups excluding carboxylic acids is 1. The van der Waals surface area contributed by atoms with E-state index < -0.39 is 0 Å². The summed E-state index contributed by atoms with van der Waals surface area (Å²) in [5.74, 6) is -0.0124. The van der Waals surface area contributed by atoms with E-state index >= 15 is 0 Å². The number of likely N-dealkylation sites (tertiary alicyclic amines) is 1. The molecular weight excluding hydrogens is 296 g/mol. The van der Waals surface area contributed by atoms with E-state index in [2.05, 4.69) is 28.4 Å². The Labute approximate surface area is 144 Å². The zero-order valence-electron chi connectivity index (χ0n) is 14.2. The van der Waals surface area contributed by atoms with Gasteiger partial charge in [-0.05, 0) is 61.3 Å². The van der Waals surface area contributed by atoms with Gasteiger partial charge in [0.05, 0.1) is 0 Å². The predicted molar refractivity (Wildman–Crippen MR) is 101 cm³/mol. The van der Waals surface area contributed by atoms with Gasteiger partial charge in [-0.1, -0.05) is 48.9 Å². The molecule has 2 aromatic carbocycles. The molecule has 0 spiro atoms. The highest BCUT2D eigenvalue weighted by Crippen LogP contribution is 2.19. The first-order valence-electron chi connectivity index (χ1n) is 8.99. The highest BCUT2D eigenvalue weighted by Gasteiger charge is 2.08. The minimum Gasteiger partial charge on any atom is -0.353 e. The van der Waals surface area contributed by atoms with Gasteiger partial charge in [0.25, 0.3) is 0 Å². The first-order valence-corrected chi connectivity index (χ1v) is 8.99. The van der Waals surface area contributed by atoms with Crippen LogP contribution in [0.1, 0.15) is 31.2 Å². The third-order valence-electron chi connectivity index (χ3n) is 4.64. The average molecular weight is 322 g/mol. The number of fused-ring (bicyclic) bond motifs is 1. The molecule has 3 heteroatoms. The van der Waals surface area contributed by atoms with Gasteiger partial charge in [-0.2, -0.15) is 0 Å². The highest BCUT2D eigenvalue weighted by atomic mass is 16.1. The maximum absolute atomic E-state index is 12.0. The average Bonchev–Trinajstić information content (AvgIpc) is 2.64. The summed E-state index contributed by atoms with van der Waals surface area (Å²) >= 11 is 0. The van der Waals surface area contributed by atoms with Crippen molar-refractivity contribution in [2.75, 3.05) is 26.2 Å². The number of nitrogens with one attached hydrogen (secondary N) is 1. The van der Waals surface area contributed by atoms with Crippen LogP contribution in [0.4, 0.5) is 0 Å². The van der Waals surface area contributed by atoms with Crippen LogP contribution < -0.4 is 5.32 Å². The van der Waals surface area contributed by atoms with E-state index in [9.17, 15) is 4.79 Å². The van der Waals surface area contributed by atoms with E-state index in [1.165, 1.54) is 43.1 Å². The van der Waals surface area contributed by atoms with Gasteiger partial charge >= 0.3 is 0 Å². The molecule has 3 nitrogen and oxygen atoms in total. The Morgan fingerprint density at radius 3 is 2.71 bits per heavy atom. The normalized spacial score (nSPS) is 15.8. The molecule has 1 N–H and O–H groups in total. The molecule has 0 aromatic heterocycles. The van der Waals surface area contributed by atoms with E-state index in [-0.39, 0.29) is 5.91 Å². The van der Waals surface area contributed by atoms with Crippen LogP contribution in [-0.2, 0) is 4.79 Å². The first kappa shape index (κ1) is 16.7. The Hall–Kier alpha value is -2.13. The lowest BCUT2D eigenvalue weighted by atomic mass is 10.0. The second-order valence-electron chi connectivity index (χ2n) is 6.45. The van der Waals surface area contributed by atoms with Crippen molar-refractivity contribution in [3.63, 3.8) is 0 Å². The number of hydrogen-bond donors (Lipinski definition) is 1. The Bertz CT molecular complexity index is 697. The molecule has 1 fully saturated rings. The SMILES string of the molecule is O=C(/C=C/c1cccc2ccccc12)NCCCN1CCCCC1. The largest absolute Gasteiger partial charge is 0.353 e. The molecule has 0 bridgehead atoms. The fraction of sp³-hybridized carbons (Fsp3) is 0.381. The van der Waals surface area contributed by atoms with Crippen molar-refractivity contribution < 1.29 is 4.79 Å². The molecule has 0 atom stereocenters. The maximum atomic E-state index is 12.0. The topological polar surface area (TPSA) is 32.3 Å². The molecule has 3 rings (SSSR count). The molecule has 0 unspecified atom stereocenters. The monoisotopic (exact) mass is 322 g/mol. The van der Waals surface area contributed by atoms with Gasteiger partial charge in [-0.3, -0.25) is 4.79 Å². The van der Waals surface area contributed by atoms with E-state index in [4.69, 9.17) is 0 Å². The second kappa shape index (κ2) is 8.65. The van der Waals surface area contributed by atoms with Crippen molar-refractivity contribution in [2.45, 2.75) is 25.7 Å². The Kier molecular flexibility index (Phi) is 6.02. The standard InChI is InChI=1S/C21H26N2O/c24-21(22-14-7-17-23-15-4-1-5-16-23)13-12-19-10-6-9-18-8-2-3-11-20(18)19/h2-3,6,8-13H,1,4-5,7,14-17H2,(H,22,24)/b13-12+. The van der Waals surface area contributed by atoms with E-state index in [1.807, 2.05) is 30.3 Å². The zero-order valence-corrected chi connectivity index (χ0v) is 14.2. The van der Waals surface area contributed by atoms with Gasteiger partial charge in [0.1, 0.15) is 0 Å². The van der Waals surface area contributed by atoms with Crippen LogP contribution in [-0.4, -0.2) is 37.0 Å². The van der Waals surface area contributed by atoms with Crippen molar-refractivity contribution in [2.24, 2.45) is 0 Å². The molecule has 1 heterocycles. The Balaban J connectivity index is 1.46. The van der Waals surface area contributed by atoms with E-state index in [1.54, 1.807) is 6.08 Å². The minimum atomic E-state index is -0.0124. The number of benzene rings is 2. The van der Waals surface area contributed by atoms with Crippen molar-refractivity contribution in [1.82, 2.24) is 10.2 Å². The number of piperidine rings is 1. The molecule has 1 amide bonds. The zero-order chi connectivity index (χ0) is 16.6. The van der Waals surface area contributed by atoms with E-state index in [0.717, 1.165) is 25.1 Å². The van der Waals surface area contributed by atoms with Crippen LogP contribution in [0.25, 0.3) is 16.8 Å². The number of nitrogens with zero attached hydrogens (tertiary/aromatic N) is 1. The third-order valence-corrected chi connectivity index (χ3v) is 4.64. The highest BCUT2D eigenvalue weighted by molar-refractivity contribution is 5.96. The number of amides is 1. The summed E-state index contributed by atoms with van der Waals surface area (Å²) in [5.41, 5.74) is 1.08. The van der Waals surface area contributed by atoms with Gasteiger partial charge in [-0.25, -0.2) is 0 Å². The number of hydrogen-bond acceptors (Lipinski definition) is 2. The summed E-state index contributed by atoms with van der Waals surface area (Å²) in [4.78, 5) is 14.5.